The molecule has 0 saturated carbocycles. The topological polar surface area (TPSA) is 50.8 Å². The number of carbonyl (C=O) groups excluding carboxylic acids is 1. The number of nitrogens with zero attached hydrogens (tertiary/aromatic N) is 1. The first-order valence-corrected chi connectivity index (χ1v) is 9.87. The molecule has 0 bridgehead atoms. The van der Waals surface area contributed by atoms with Gasteiger partial charge in [-0.3, -0.25) is 0 Å². The van der Waals surface area contributed by atoms with Crippen LogP contribution in [-0.4, -0.2) is 24.3 Å². The second-order valence-corrected chi connectivity index (χ2v) is 7.53. The van der Waals surface area contributed by atoms with Crippen LogP contribution in [-0.2, 0) is 6.42 Å². The first-order valence-electron chi connectivity index (χ1n) is 9.49. The molecule has 0 fully saturated rings. The zero-order valence-electron chi connectivity index (χ0n) is 15.6. The smallest absolute Gasteiger partial charge is 0.322 e. The van der Waals surface area contributed by atoms with E-state index in [-0.39, 0.29) is 18.9 Å². The fraction of sp³-hybridized carbons (Fsp3) is 0.174. The quantitative estimate of drug-likeness (QED) is 0.632. The lowest BCUT2D eigenvalue weighted by molar-refractivity contribution is 0.174. The van der Waals surface area contributed by atoms with Crippen LogP contribution in [0.4, 0.5) is 10.5 Å². The fourth-order valence-corrected chi connectivity index (χ4v) is 4.09. The zero-order valence-corrected chi connectivity index (χ0v) is 16.4. The highest BCUT2D eigenvalue weighted by Gasteiger charge is 2.32. The summed E-state index contributed by atoms with van der Waals surface area (Å²) in [7, 11) is 0. The highest BCUT2D eigenvalue weighted by molar-refractivity contribution is 6.30. The molecule has 0 spiro atoms. The van der Waals surface area contributed by atoms with Crippen LogP contribution in [0, 0.1) is 0 Å². The van der Waals surface area contributed by atoms with Gasteiger partial charge in [-0.05, 0) is 47.4 Å². The lowest BCUT2D eigenvalue weighted by Gasteiger charge is -2.37. The van der Waals surface area contributed by atoms with Gasteiger partial charge in [-0.25, -0.2) is 4.79 Å². The molecule has 5 nitrogen and oxygen atoms in total. The molecule has 0 aliphatic carbocycles. The van der Waals surface area contributed by atoms with E-state index in [0.29, 0.717) is 28.8 Å². The van der Waals surface area contributed by atoms with E-state index in [4.69, 9.17) is 21.1 Å². The molecule has 2 aliphatic heterocycles. The monoisotopic (exact) mass is 406 g/mol. The number of nitrogens with one attached hydrogen (secondary N) is 1. The van der Waals surface area contributed by atoms with Gasteiger partial charge in [0.15, 0.2) is 11.5 Å². The Morgan fingerprint density at radius 2 is 1.79 bits per heavy atom. The van der Waals surface area contributed by atoms with E-state index in [2.05, 4.69) is 17.4 Å². The number of hydrogen-bond donors (Lipinski definition) is 1. The van der Waals surface area contributed by atoms with Crippen molar-refractivity contribution in [1.82, 2.24) is 4.90 Å². The first-order chi connectivity index (χ1) is 14.2. The summed E-state index contributed by atoms with van der Waals surface area (Å²) in [6, 6.07) is 21.1. The molecule has 3 aromatic rings. The van der Waals surface area contributed by atoms with Gasteiger partial charge in [0.1, 0.15) is 0 Å². The highest BCUT2D eigenvalue weighted by Crippen LogP contribution is 2.37. The van der Waals surface area contributed by atoms with Gasteiger partial charge in [-0.15, -0.1) is 0 Å². The second-order valence-electron chi connectivity index (χ2n) is 7.09. The molecule has 3 aromatic carbocycles. The van der Waals surface area contributed by atoms with E-state index in [0.717, 1.165) is 17.5 Å². The number of benzene rings is 3. The van der Waals surface area contributed by atoms with Crippen molar-refractivity contribution in [2.45, 2.75) is 12.5 Å². The number of rotatable bonds is 2. The zero-order chi connectivity index (χ0) is 19.8. The number of hydrogen-bond acceptors (Lipinski definition) is 3. The van der Waals surface area contributed by atoms with Gasteiger partial charge in [-0.1, -0.05) is 48.0 Å². The summed E-state index contributed by atoms with van der Waals surface area (Å²) in [4.78, 5) is 15.1. The van der Waals surface area contributed by atoms with Crippen molar-refractivity contribution in [3.8, 4) is 11.5 Å². The van der Waals surface area contributed by atoms with Crippen LogP contribution in [0.1, 0.15) is 22.7 Å². The number of carbonyl (C=O) groups is 1. The molecule has 2 amide bonds. The van der Waals surface area contributed by atoms with Crippen molar-refractivity contribution in [1.29, 1.82) is 0 Å². The molecule has 1 unspecified atom stereocenters. The SMILES string of the molecule is O=C(Nc1ccc2c(c1)OCO2)N1CCc2ccccc2C1c1ccc(Cl)cc1. The summed E-state index contributed by atoms with van der Waals surface area (Å²) in [5.41, 5.74) is 4.11. The van der Waals surface area contributed by atoms with E-state index < -0.39 is 0 Å². The van der Waals surface area contributed by atoms with Crippen molar-refractivity contribution in [2.75, 3.05) is 18.7 Å². The minimum atomic E-state index is -0.175. The standard InChI is InChI=1S/C23H19ClN2O3/c24-17-7-5-16(6-8-17)22-19-4-2-1-3-15(19)11-12-26(22)23(27)25-18-9-10-20-21(13-18)29-14-28-20/h1-10,13,22H,11-12,14H2,(H,25,27). The van der Waals surface area contributed by atoms with Crippen molar-refractivity contribution in [3.05, 3.63) is 88.4 Å². The molecule has 146 valence electrons. The van der Waals surface area contributed by atoms with Crippen molar-refractivity contribution in [2.24, 2.45) is 0 Å². The predicted octanol–water partition coefficient (Wildman–Crippen LogP) is 5.25. The Bertz CT molecular complexity index is 1070. The van der Waals surface area contributed by atoms with E-state index in [1.807, 2.05) is 47.4 Å². The number of halogens is 1. The van der Waals surface area contributed by atoms with Crippen LogP contribution in [0.2, 0.25) is 5.02 Å². The second kappa shape index (κ2) is 7.33. The molecule has 1 atom stereocenters. The number of urea groups is 1. The summed E-state index contributed by atoms with van der Waals surface area (Å²) < 4.78 is 10.8. The lowest BCUT2D eigenvalue weighted by atomic mass is 9.88. The van der Waals surface area contributed by atoms with Crippen molar-refractivity contribution >= 4 is 23.3 Å². The molecule has 29 heavy (non-hydrogen) atoms. The maximum atomic E-state index is 13.2. The van der Waals surface area contributed by atoms with Crippen LogP contribution < -0.4 is 14.8 Å². The average molecular weight is 407 g/mol. The van der Waals surface area contributed by atoms with Crippen molar-refractivity contribution in [3.63, 3.8) is 0 Å². The molecule has 0 radical (unpaired) electrons. The van der Waals surface area contributed by atoms with Crippen LogP contribution >= 0.6 is 11.6 Å². The Morgan fingerprint density at radius 1 is 1.00 bits per heavy atom. The molecule has 6 heteroatoms. The Balaban J connectivity index is 1.47. The maximum absolute atomic E-state index is 13.2. The van der Waals surface area contributed by atoms with E-state index >= 15 is 0 Å². The summed E-state index contributed by atoms with van der Waals surface area (Å²) in [6.07, 6.45) is 0.814. The van der Waals surface area contributed by atoms with E-state index in [1.54, 1.807) is 12.1 Å². The van der Waals surface area contributed by atoms with Crippen LogP contribution in [0.25, 0.3) is 0 Å². The molecule has 0 saturated heterocycles. The highest BCUT2D eigenvalue weighted by atomic mass is 35.5. The molecular weight excluding hydrogens is 388 g/mol. The molecule has 0 aromatic heterocycles. The Kier molecular flexibility index (Phi) is 4.52. The summed E-state index contributed by atoms with van der Waals surface area (Å²) in [6.45, 7) is 0.828. The summed E-state index contributed by atoms with van der Waals surface area (Å²) in [5.74, 6) is 1.33. The van der Waals surface area contributed by atoms with Crippen LogP contribution in [0.15, 0.2) is 66.7 Å². The molecule has 2 heterocycles. The van der Waals surface area contributed by atoms with E-state index in [9.17, 15) is 4.79 Å². The molecule has 1 N–H and O–H groups in total. The van der Waals surface area contributed by atoms with Gasteiger partial charge in [0.05, 0.1) is 6.04 Å². The lowest BCUT2D eigenvalue weighted by Crippen LogP contribution is -2.43. The summed E-state index contributed by atoms with van der Waals surface area (Å²) >= 11 is 6.09. The minimum absolute atomic E-state index is 0.154. The van der Waals surface area contributed by atoms with Gasteiger partial charge < -0.3 is 19.7 Å². The van der Waals surface area contributed by atoms with Gasteiger partial charge in [-0.2, -0.15) is 0 Å². The molecule has 2 aliphatic rings. The van der Waals surface area contributed by atoms with Gasteiger partial charge in [0.25, 0.3) is 0 Å². The Morgan fingerprint density at radius 3 is 2.66 bits per heavy atom. The average Bonchev–Trinajstić information content (AvgIpc) is 3.21. The molecular formula is C23H19ClN2O3. The fourth-order valence-electron chi connectivity index (χ4n) is 3.96. The van der Waals surface area contributed by atoms with Gasteiger partial charge in [0, 0.05) is 23.3 Å². The predicted molar refractivity (Wildman–Crippen MR) is 112 cm³/mol. The first kappa shape index (κ1) is 17.9. The number of anilines is 1. The van der Waals surface area contributed by atoms with Gasteiger partial charge >= 0.3 is 6.03 Å². The summed E-state index contributed by atoms with van der Waals surface area (Å²) in [5, 5.41) is 3.68. The third-order valence-corrected chi connectivity index (χ3v) is 5.61. The van der Waals surface area contributed by atoms with Gasteiger partial charge in [0.2, 0.25) is 6.79 Å². The minimum Gasteiger partial charge on any atom is -0.454 e. The Hall–Kier alpha value is -3.18. The van der Waals surface area contributed by atoms with E-state index in [1.165, 1.54) is 5.56 Å². The largest absolute Gasteiger partial charge is 0.454 e. The maximum Gasteiger partial charge on any atom is 0.322 e. The Labute approximate surface area is 173 Å². The normalized spacial score (nSPS) is 17.0. The molecule has 5 rings (SSSR count). The van der Waals surface area contributed by atoms with Crippen LogP contribution in [0.3, 0.4) is 0 Å². The number of fused-ring (bicyclic) bond motifs is 2. The number of ether oxygens (including phenoxy) is 2. The van der Waals surface area contributed by atoms with Crippen LogP contribution in [0.5, 0.6) is 11.5 Å². The third-order valence-electron chi connectivity index (χ3n) is 5.35. The number of amides is 2. The third kappa shape index (κ3) is 3.38. The van der Waals surface area contributed by atoms with Crippen molar-refractivity contribution < 1.29 is 14.3 Å².